The lowest BCUT2D eigenvalue weighted by Gasteiger charge is -2.24. The van der Waals surface area contributed by atoms with E-state index < -0.39 is 23.0 Å². The lowest BCUT2D eigenvalue weighted by Crippen LogP contribution is -2.38. The molecule has 0 spiro atoms. The summed E-state index contributed by atoms with van der Waals surface area (Å²) in [7, 11) is -0.0802. The standard InChI is InChI=1S/C23H22F3NO2S/c1-16-7-13-20(14-8-16)30(28)21-6-4-3-5-17(21)15-22(23(24,25)26)27-18-9-11-19(29-2)12-10-18/h3-14,22,27H,15H2,1-2H3/t22-,30?/m1/s1. The Morgan fingerprint density at radius 3 is 2.20 bits per heavy atom. The molecule has 0 heterocycles. The van der Waals surface area contributed by atoms with E-state index in [0.717, 1.165) is 5.56 Å². The van der Waals surface area contributed by atoms with Gasteiger partial charge in [0.25, 0.3) is 0 Å². The van der Waals surface area contributed by atoms with Crippen LogP contribution in [0.3, 0.4) is 0 Å². The first-order valence-electron chi connectivity index (χ1n) is 9.31. The van der Waals surface area contributed by atoms with Crippen LogP contribution in [0.25, 0.3) is 0 Å². The lowest BCUT2D eigenvalue weighted by atomic mass is 10.0. The van der Waals surface area contributed by atoms with E-state index in [1.54, 1.807) is 48.5 Å². The third kappa shape index (κ3) is 5.42. The van der Waals surface area contributed by atoms with Crippen molar-refractivity contribution in [2.45, 2.75) is 35.4 Å². The molecule has 0 aromatic heterocycles. The van der Waals surface area contributed by atoms with Crippen LogP contribution in [-0.4, -0.2) is 23.5 Å². The average Bonchev–Trinajstić information content (AvgIpc) is 2.73. The van der Waals surface area contributed by atoms with Gasteiger partial charge >= 0.3 is 6.18 Å². The Labute approximate surface area is 176 Å². The Hall–Kier alpha value is -2.80. The molecule has 0 bridgehead atoms. The first-order chi connectivity index (χ1) is 14.3. The summed E-state index contributed by atoms with van der Waals surface area (Å²) in [6.07, 6.45) is -4.83. The van der Waals surface area contributed by atoms with Crippen LogP contribution in [0.15, 0.2) is 82.6 Å². The number of methoxy groups -OCH3 is 1. The zero-order valence-electron chi connectivity index (χ0n) is 16.6. The van der Waals surface area contributed by atoms with E-state index in [1.165, 1.54) is 19.2 Å². The maximum Gasteiger partial charge on any atom is 0.408 e. The Bertz CT molecular complexity index is 1000. The minimum Gasteiger partial charge on any atom is -0.497 e. The van der Waals surface area contributed by atoms with Gasteiger partial charge in [-0.25, -0.2) is 4.21 Å². The van der Waals surface area contributed by atoms with Crippen LogP contribution in [-0.2, 0) is 17.2 Å². The van der Waals surface area contributed by atoms with Crippen molar-refractivity contribution in [2.24, 2.45) is 0 Å². The summed E-state index contributed by atoms with van der Waals surface area (Å²) in [4.78, 5) is 0.937. The molecule has 2 atom stereocenters. The van der Waals surface area contributed by atoms with Gasteiger partial charge in [-0.05, 0) is 55.0 Å². The molecule has 1 unspecified atom stereocenters. The molecule has 3 rings (SSSR count). The number of hydrogen-bond donors (Lipinski definition) is 1. The van der Waals surface area contributed by atoms with E-state index >= 15 is 0 Å². The Morgan fingerprint density at radius 1 is 0.967 bits per heavy atom. The van der Waals surface area contributed by atoms with Gasteiger partial charge in [-0.2, -0.15) is 13.2 Å². The van der Waals surface area contributed by atoms with Crippen LogP contribution >= 0.6 is 0 Å². The molecule has 0 fully saturated rings. The van der Waals surface area contributed by atoms with Crippen molar-refractivity contribution in [1.82, 2.24) is 0 Å². The van der Waals surface area contributed by atoms with Crippen molar-refractivity contribution < 1.29 is 22.1 Å². The summed E-state index contributed by atoms with van der Waals surface area (Å²) < 4.78 is 59.4. The van der Waals surface area contributed by atoms with E-state index in [-0.39, 0.29) is 6.42 Å². The molecular weight excluding hydrogens is 411 g/mol. The number of nitrogens with one attached hydrogen (secondary N) is 1. The van der Waals surface area contributed by atoms with Crippen LogP contribution in [0, 0.1) is 6.92 Å². The number of aryl methyl sites for hydroxylation is 1. The number of halogens is 3. The molecule has 3 aromatic carbocycles. The van der Waals surface area contributed by atoms with Gasteiger partial charge in [0, 0.05) is 21.9 Å². The fraction of sp³-hybridized carbons (Fsp3) is 0.217. The highest BCUT2D eigenvalue weighted by atomic mass is 32.2. The minimum atomic E-state index is -4.49. The zero-order chi connectivity index (χ0) is 21.7. The normalized spacial score (nSPS) is 13.5. The Kier molecular flexibility index (Phi) is 6.82. The van der Waals surface area contributed by atoms with Gasteiger partial charge in [0.1, 0.15) is 11.8 Å². The number of rotatable bonds is 7. The van der Waals surface area contributed by atoms with Gasteiger partial charge in [0.15, 0.2) is 0 Å². The highest BCUT2D eigenvalue weighted by Gasteiger charge is 2.40. The van der Waals surface area contributed by atoms with E-state index in [9.17, 15) is 17.4 Å². The largest absolute Gasteiger partial charge is 0.497 e. The van der Waals surface area contributed by atoms with Crippen molar-refractivity contribution in [2.75, 3.05) is 12.4 Å². The summed E-state index contributed by atoms with van der Waals surface area (Å²) in [5.74, 6) is 0.558. The Balaban J connectivity index is 1.87. The van der Waals surface area contributed by atoms with Gasteiger partial charge in [0.05, 0.1) is 17.9 Å². The first-order valence-corrected chi connectivity index (χ1v) is 10.5. The second kappa shape index (κ2) is 9.34. The fourth-order valence-electron chi connectivity index (χ4n) is 3.00. The van der Waals surface area contributed by atoms with E-state index in [0.29, 0.717) is 26.8 Å². The second-order valence-corrected chi connectivity index (χ2v) is 8.31. The molecule has 0 saturated heterocycles. The quantitative estimate of drug-likeness (QED) is 0.515. The van der Waals surface area contributed by atoms with Crippen molar-refractivity contribution in [3.8, 4) is 5.75 Å². The fourth-order valence-corrected chi connectivity index (χ4v) is 4.23. The predicted octanol–water partition coefficient (Wildman–Crippen LogP) is 5.76. The molecular formula is C23H22F3NO2S. The summed E-state index contributed by atoms with van der Waals surface area (Å²) in [5, 5.41) is 2.55. The van der Waals surface area contributed by atoms with Crippen LogP contribution in [0.4, 0.5) is 18.9 Å². The molecule has 0 radical (unpaired) electrons. The predicted molar refractivity (Wildman–Crippen MR) is 112 cm³/mol. The number of ether oxygens (including phenoxy) is 1. The van der Waals surface area contributed by atoms with Gasteiger partial charge < -0.3 is 10.1 Å². The van der Waals surface area contributed by atoms with E-state index in [1.807, 2.05) is 19.1 Å². The highest BCUT2D eigenvalue weighted by molar-refractivity contribution is 7.85. The van der Waals surface area contributed by atoms with Gasteiger partial charge in [-0.15, -0.1) is 0 Å². The van der Waals surface area contributed by atoms with E-state index in [2.05, 4.69) is 5.32 Å². The van der Waals surface area contributed by atoms with Gasteiger partial charge in [-0.3, -0.25) is 0 Å². The second-order valence-electron chi connectivity index (χ2n) is 6.86. The number of benzene rings is 3. The van der Waals surface area contributed by atoms with Crippen molar-refractivity contribution in [1.29, 1.82) is 0 Å². The van der Waals surface area contributed by atoms with Crippen LogP contribution in [0.1, 0.15) is 11.1 Å². The number of hydrogen-bond acceptors (Lipinski definition) is 3. The molecule has 3 nitrogen and oxygen atoms in total. The van der Waals surface area contributed by atoms with Crippen molar-refractivity contribution in [3.05, 3.63) is 83.9 Å². The highest BCUT2D eigenvalue weighted by Crippen LogP contribution is 2.30. The molecule has 158 valence electrons. The maximum atomic E-state index is 13.8. The topological polar surface area (TPSA) is 38.3 Å². The number of anilines is 1. The minimum absolute atomic E-state index is 0.329. The lowest BCUT2D eigenvalue weighted by molar-refractivity contribution is -0.142. The molecule has 30 heavy (non-hydrogen) atoms. The first kappa shape index (κ1) is 21.9. The molecule has 0 aliphatic carbocycles. The third-order valence-corrected chi connectivity index (χ3v) is 6.16. The average molecular weight is 433 g/mol. The molecule has 0 amide bonds. The van der Waals surface area contributed by atoms with E-state index in [4.69, 9.17) is 4.74 Å². The van der Waals surface area contributed by atoms with Gasteiger partial charge in [0.2, 0.25) is 0 Å². The summed E-state index contributed by atoms with van der Waals surface area (Å²) in [6.45, 7) is 1.92. The Morgan fingerprint density at radius 2 is 1.60 bits per heavy atom. The monoisotopic (exact) mass is 433 g/mol. The van der Waals surface area contributed by atoms with Crippen LogP contribution in [0.5, 0.6) is 5.75 Å². The summed E-state index contributed by atoms with van der Waals surface area (Å²) >= 11 is 0. The van der Waals surface area contributed by atoms with Crippen molar-refractivity contribution >= 4 is 16.5 Å². The SMILES string of the molecule is COc1ccc(N[C@H](Cc2ccccc2S(=O)c2ccc(C)cc2)C(F)(F)F)cc1. The molecule has 0 aliphatic heterocycles. The maximum absolute atomic E-state index is 13.8. The van der Waals surface area contributed by atoms with Gasteiger partial charge in [-0.1, -0.05) is 35.9 Å². The van der Waals surface area contributed by atoms with Crippen LogP contribution in [0.2, 0.25) is 0 Å². The smallest absolute Gasteiger partial charge is 0.408 e. The molecule has 0 saturated carbocycles. The summed E-state index contributed by atoms with van der Waals surface area (Å²) in [6, 6.07) is 18.1. The van der Waals surface area contributed by atoms with Crippen LogP contribution < -0.4 is 10.1 Å². The molecule has 1 N–H and O–H groups in total. The molecule has 0 aliphatic rings. The number of alkyl halides is 3. The zero-order valence-corrected chi connectivity index (χ0v) is 17.4. The summed E-state index contributed by atoms with van der Waals surface area (Å²) in [5.41, 5.74) is 1.74. The molecule has 7 heteroatoms. The molecule has 3 aromatic rings. The third-order valence-electron chi connectivity index (χ3n) is 4.66. The van der Waals surface area contributed by atoms with Crippen molar-refractivity contribution in [3.63, 3.8) is 0 Å².